The molecule has 0 radical (unpaired) electrons. The minimum absolute atomic E-state index is 0.161. The highest BCUT2D eigenvalue weighted by Gasteiger charge is 2.12. The van der Waals surface area contributed by atoms with Crippen molar-refractivity contribution in [2.24, 2.45) is 5.84 Å². The van der Waals surface area contributed by atoms with Gasteiger partial charge in [-0.2, -0.15) is 0 Å². The number of aryl methyl sites for hydroxylation is 2. The number of thiophene rings is 1. The standard InChI is InChI=1S/C14H17BrN2S/c1-9-3-10(2)5-11(4-9)14(17-16)7-13-6-12(15)8-18-13/h3-6,8,14,17H,7,16H2,1-2H3. The van der Waals surface area contributed by atoms with Gasteiger partial charge in [0.1, 0.15) is 0 Å². The molecule has 1 unspecified atom stereocenters. The first kappa shape index (κ1) is 13.7. The molecule has 1 heterocycles. The summed E-state index contributed by atoms with van der Waals surface area (Å²) in [5.74, 6) is 5.70. The summed E-state index contributed by atoms with van der Waals surface area (Å²) >= 11 is 5.24. The maximum atomic E-state index is 5.70. The Morgan fingerprint density at radius 3 is 2.39 bits per heavy atom. The molecule has 0 aliphatic rings. The van der Waals surface area contributed by atoms with Crippen molar-refractivity contribution in [2.45, 2.75) is 26.3 Å². The Kier molecular flexibility index (Phi) is 4.56. The number of benzene rings is 1. The third-order valence-electron chi connectivity index (χ3n) is 2.87. The summed E-state index contributed by atoms with van der Waals surface area (Å²) in [5.41, 5.74) is 6.72. The van der Waals surface area contributed by atoms with Crippen molar-refractivity contribution in [1.82, 2.24) is 5.43 Å². The second-order valence-electron chi connectivity index (χ2n) is 4.58. The normalized spacial score (nSPS) is 12.7. The average Bonchev–Trinajstić information content (AvgIpc) is 2.70. The zero-order valence-corrected chi connectivity index (χ0v) is 12.9. The first-order valence-electron chi connectivity index (χ1n) is 5.85. The molecule has 0 saturated carbocycles. The smallest absolute Gasteiger partial charge is 0.0508 e. The molecule has 1 atom stereocenters. The van der Waals surface area contributed by atoms with Crippen LogP contribution in [0.3, 0.4) is 0 Å². The minimum Gasteiger partial charge on any atom is -0.271 e. The van der Waals surface area contributed by atoms with Crippen LogP contribution < -0.4 is 11.3 Å². The molecular formula is C14H17BrN2S. The number of nitrogens with one attached hydrogen (secondary N) is 1. The molecule has 3 N–H and O–H groups in total. The van der Waals surface area contributed by atoms with Gasteiger partial charge < -0.3 is 0 Å². The molecule has 0 fully saturated rings. The summed E-state index contributed by atoms with van der Waals surface area (Å²) in [6.45, 7) is 4.23. The highest BCUT2D eigenvalue weighted by molar-refractivity contribution is 9.10. The number of rotatable bonds is 4. The Morgan fingerprint density at radius 1 is 1.22 bits per heavy atom. The van der Waals surface area contributed by atoms with E-state index in [9.17, 15) is 0 Å². The predicted octanol–water partition coefficient (Wildman–Crippen LogP) is 3.87. The monoisotopic (exact) mass is 324 g/mol. The van der Waals surface area contributed by atoms with Gasteiger partial charge in [-0.3, -0.25) is 11.3 Å². The number of hydrogen-bond acceptors (Lipinski definition) is 3. The molecule has 4 heteroatoms. The lowest BCUT2D eigenvalue weighted by molar-refractivity contribution is 0.555. The van der Waals surface area contributed by atoms with E-state index < -0.39 is 0 Å². The van der Waals surface area contributed by atoms with E-state index in [-0.39, 0.29) is 6.04 Å². The molecule has 1 aromatic heterocycles. The van der Waals surface area contributed by atoms with E-state index in [1.807, 2.05) is 0 Å². The Bertz CT molecular complexity index is 516. The minimum atomic E-state index is 0.161. The molecule has 1 aromatic carbocycles. The molecule has 0 amide bonds. The van der Waals surface area contributed by atoms with E-state index in [0.717, 1.165) is 10.9 Å². The summed E-state index contributed by atoms with van der Waals surface area (Å²) in [4.78, 5) is 1.32. The van der Waals surface area contributed by atoms with Gasteiger partial charge in [0.2, 0.25) is 0 Å². The summed E-state index contributed by atoms with van der Waals surface area (Å²) in [5, 5.41) is 2.10. The van der Waals surface area contributed by atoms with Gasteiger partial charge >= 0.3 is 0 Å². The highest BCUT2D eigenvalue weighted by atomic mass is 79.9. The van der Waals surface area contributed by atoms with Crippen LogP contribution in [0.2, 0.25) is 0 Å². The lowest BCUT2D eigenvalue weighted by Gasteiger charge is -2.17. The number of hydrazine groups is 1. The Labute approximate surface area is 120 Å². The van der Waals surface area contributed by atoms with Gasteiger partial charge in [0.25, 0.3) is 0 Å². The zero-order chi connectivity index (χ0) is 13.1. The van der Waals surface area contributed by atoms with Crippen LogP contribution in [0.15, 0.2) is 34.1 Å². The molecule has 2 aromatic rings. The number of hydrogen-bond donors (Lipinski definition) is 2. The molecule has 0 aliphatic carbocycles. The fourth-order valence-corrected chi connectivity index (χ4v) is 3.64. The summed E-state index contributed by atoms with van der Waals surface area (Å²) in [6, 6.07) is 8.88. The van der Waals surface area contributed by atoms with Gasteiger partial charge in [-0.05, 0) is 41.4 Å². The SMILES string of the molecule is Cc1cc(C)cc(C(Cc2cc(Br)cs2)NN)c1. The molecule has 0 bridgehead atoms. The fourth-order valence-electron chi connectivity index (χ4n) is 2.15. The predicted molar refractivity (Wildman–Crippen MR) is 81.7 cm³/mol. The van der Waals surface area contributed by atoms with Crippen molar-refractivity contribution in [3.8, 4) is 0 Å². The second-order valence-corrected chi connectivity index (χ2v) is 6.49. The number of halogens is 1. The van der Waals surface area contributed by atoms with Crippen molar-refractivity contribution >= 4 is 27.3 Å². The summed E-state index contributed by atoms with van der Waals surface area (Å²) in [6.07, 6.45) is 0.912. The Hall–Kier alpha value is -0.680. The van der Waals surface area contributed by atoms with Crippen molar-refractivity contribution in [3.05, 3.63) is 55.7 Å². The van der Waals surface area contributed by atoms with Gasteiger partial charge in [-0.1, -0.05) is 29.3 Å². The largest absolute Gasteiger partial charge is 0.271 e. The second kappa shape index (κ2) is 5.97. The van der Waals surface area contributed by atoms with Crippen LogP contribution >= 0.6 is 27.3 Å². The highest BCUT2D eigenvalue weighted by Crippen LogP contribution is 2.26. The van der Waals surface area contributed by atoms with Gasteiger partial charge in [0.05, 0.1) is 6.04 Å². The van der Waals surface area contributed by atoms with Crippen LogP contribution in [-0.4, -0.2) is 0 Å². The quantitative estimate of drug-likeness (QED) is 0.661. The molecule has 18 heavy (non-hydrogen) atoms. The van der Waals surface area contributed by atoms with E-state index in [1.165, 1.54) is 21.6 Å². The zero-order valence-electron chi connectivity index (χ0n) is 10.5. The first-order chi connectivity index (χ1) is 8.58. The van der Waals surface area contributed by atoms with Crippen LogP contribution in [0.25, 0.3) is 0 Å². The van der Waals surface area contributed by atoms with Crippen molar-refractivity contribution in [3.63, 3.8) is 0 Å². The van der Waals surface area contributed by atoms with Crippen LogP contribution in [0.4, 0.5) is 0 Å². The summed E-state index contributed by atoms with van der Waals surface area (Å²) in [7, 11) is 0. The lowest BCUT2D eigenvalue weighted by Crippen LogP contribution is -2.29. The molecular weight excluding hydrogens is 308 g/mol. The van der Waals surface area contributed by atoms with Gasteiger partial charge in [-0.25, -0.2) is 0 Å². The van der Waals surface area contributed by atoms with Crippen LogP contribution in [0, 0.1) is 13.8 Å². The van der Waals surface area contributed by atoms with Crippen LogP contribution in [0.1, 0.15) is 27.6 Å². The van der Waals surface area contributed by atoms with E-state index in [1.54, 1.807) is 11.3 Å². The van der Waals surface area contributed by atoms with E-state index in [0.29, 0.717) is 0 Å². The van der Waals surface area contributed by atoms with E-state index >= 15 is 0 Å². The molecule has 0 aliphatic heterocycles. The Morgan fingerprint density at radius 2 is 1.89 bits per heavy atom. The third-order valence-corrected chi connectivity index (χ3v) is 4.59. The van der Waals surface area contributed by atoms with Gasteiger partial charge in [-0.15, -0.1) is 11.3 Å². The van der Waals surface area contributed by atoms with Gasteiger partial charge in [0, 0.05) is 21.2 Å². The van der Waals surface area contributed by atoms with Gasteiger partial charge in [0.15, 0.2) is 0 Å². The van der Waals surface area contributed by atoms with E-state index in [4.69, 9.17) is 5.84 Å². The van der Waals surface area contributed by atoms with Crippen molar-refractivity contribution < 1.29 is 0 Å². The topological polar surface area (TPSA) is 38.0 Å². The van der Waals surface area contributed by atoms with Crippen molar-refractivity contribution in [1.29, 1.82) is 0 Å². The molecule has 0 spiro atoms. The third kappa shape index (κ3) is 3.42. The maximum Gasteiger partial charge on any atom is 0.0508 e. The molecule has 96 valence electrons. The molecule has 2 nitrogen and oxygen atoms in total. The lowest BCUT2D eigenvalue weighted by atomic mass is 9.99. The summed E-state index contributed by atoms with van der Waals surface area (Å²) < 4.78 is 1.14. The first-order valence-corrected chi connectivity index (χ1v) is 7.53. The fraction of sp³-hybridized carbons (Fsp3) is 0.286. The van der Waals surface area contributed by atoms with Crippen molar-refractivity contribution in [2.75, 3.05) is 0 Å². The molecule has 0 saturated heterocycles. The van der Waals surface area contributed by atoms with Crippen LogP contribution in [-0.2, 0) is 6.42 Å². The number of nitrogens with two attached hydrogens (primary N) is 1. The Balaban J connectivity index is 2.22. The van der Waals surface area contributed by atoms with Crippen LogP contribution in [0.5, 0.6) is 0 Å². The maximum absolute atomic E-state index is 5.70. The molecule has 2 rings (SSSR count). The van der Waals surface area contributed by atoms with E-state index in [2.05, 4.69) is 64.8 Å². The average molecular weight is 325 g/mol.